The van der Waals surface area contributed by atoms with E-state index in [1.54, 1.807) is 35.6 Å². The molecule has 0 aliphatic carbocycles. The zero-order valence-corrected chi connectivity index (χ0v) is 12.5. The van der Waals surface area contributed by atoms with E-state index in [0.717, 1.165) is 10.6 Å². The molecule has 100 valence electrons. The minimum Gasteiger partial charge on any atom is -0.307 e. The fourth-order valence-electron chi connectivity index (χ4n) is 1.72. The van der Waals surface area contributed by atoms with Gasteiger partial charge >= 0.3 is 0 Å². The van der Waals surface area contributed by atoms with Gasteiger partial charge in [-0.25, -0.2) is 0 Å². The topological polar surface area (TPSA) is 46.9 Å². The normalized spacial score (nSPS) is 10.5. The molecule has 0 saturated carbocycles. The summed E-state index contributed by atoms with van der Waals surface area (Å²) in [5.41, 5.74) is 1.31. The zero-order chi connectivity index (χ0) is 14.0. The maximum atomic E-state index is 12.2. The number of nitrogens with one attached hydrogen (secondary N) is 1. The average molecular weight is 296 g/mol. The molecule has 4 nitrogen and oxygen atoms in total. The first kappa shape index (κ1) is 14.0. The van der Waals surface area contributed by atoms with Crippen molar-refractivity contribution in [1.29, 1.82) is 0 Å². The lowest BCUT2D eigenvalue weighted by Crippen LogP contribution is -2.15. The number of hydrogen-bond acceptors (Lipinski definition) is 3. The molecule has 1 aromatic carbocycles. The van der Waals surface area contributed by atoms with E-state index in [-0.39, 0.29) is 5.91 Å². The lowest BCUT2D eigenvalue weighted by Gasteiger charge is -2.08. The highest BCUT2D eigenvalue weighted by molar-refractivity contribution is 7.98. The van der Waals surface area contributed by atoms with Crippen LogP contribution in [-0.2, 0) is 7.05 Å². The van der Waals surface area contributed by atoms with Crippen molar-refractivity contribution in [3.05, 3.63) is 40.5 Å². The lowest BCUT2D eigenvalue weighted by atomic mass is 10.2. The van der Waals surface area contributed by atoms with E-state index in [4.69, 9.17) is 11.6 Å². The van der Waals surface area contributed by atoms with Gasteiger partial charge < -0.3 is 5.32 Å². The number of halogens is 1. The molecule has 6 heteroatoms. The predicted octanol–water partition coefficient (Wildman–Crippen LogP) is 3.36. The Morgan fingerprint density at radius 1 is 1.42 bits per heavy atom. The number of carbonyl (C=O) groups is 1. The van der Waals surface area contributed by atoms with Crippen LogP contribution in [0.5, 0.6) is 0 Å². The van der Waals surface area contributed by atoms with Gasteiger partial charge in [0.25, 0.3) is 5.91 Å². The van der Waals surface area contributed by atoms with Crippen molar-refractivity contribution in [2.24, 2.45) is 7.05 Å². The number of benzene rings is 1. The number of thioether (sulfide) groups is 1. The zero-order valence-electron chi connectivity index (χ0n) is 10.9. The van der Waals surface area contributed by atoms with Gasteiger partial charge in [0, 0.05) is 18.0 Å². The van der Waals surface area contributed by atoms with Gasteiger partial charge in [-0.05, 0) is 31.4 Å². The van der Waals surface area contributed by atoms with Gasteiger partial charge in [-0.1, -0.05) is 11.6 Å². The van der Waals surface area contributed by atoms with Crippen LogP contribution in [0.15, 0.2) is 29.2 Å². The predicted molar refractivity (Wildman–Crippen MR) is 79.1 cm³/mol. The molecule has 1 aromatic heterocycles. The SMILES string of the molecule is CSc1ccc(Cl)c(C(=O)Nc2cc(C)nn2C)c1. The number of rotatable bonds is 3. The Balaban J connectivity index is 2.27. The fraction of sp³-hybridized carbons (Fsp3) is 0.231. The van der Waals surface area contributed by atoms with E-state index in [1.165, 1.54) is 0 Å². The van der Waals surface area contributed by atoms with Crippen LogP contribution >= 0.6 is 23.4 Å². The number of hydrogen-bond donors (Lipinski definition) is 1. The van der Waals surface area contributed by atoms with Crippen molar-refractivity contribution in [1.82, 2.24) is 9.78 Å². The second kappa shape index (κ2) is 5.67. The number of anilines is 1. The summed E-state index contributed by atoms with van der Waals surface area (Å²) in [6, 6.07) is 7.21. The average Bonchev–Trinajstić information content (AvgIpc) is 2.68. The van der Waals surface area contributed by atoms with Crippen molar-refractivity contribution < 1.29 is 4.79 Å². The molecule has 0 radical (unpaired) electrons. The molecule has 1 heterocycles. The van der Waals surface area contributed by atoms with Crippen LogP contribution in [0.4, 0.5) is 5.82 Å². The van der Waals surface area contributed by atoms with E-state index in [2.05, 4.69) is 10.4 Å². The monoisotopic (exact) mass is 295 g/mol. The molecule has 2 aromatic rings. The highest BCUT2D eigenvalue weighted by Gasteiger charge is 2.13. The Morgan fingerprint density at radius 3 is 2.74 bits per heavy atom. The third-order valence-electron chi connectivity index (χ3n) is 2.66. The van der Waals surface area contributed by atoms with Gasteiger partial charge in [-0.2, -0.15) is 5.10 Å². The summed E-state index contributed by atoms with van der Waals surface area (Å²) in [6.45, 7) is 1.87. The molecule has 1 amide bonds. The van der Waals surface area contributed by atoms with Gasteiger partial charge in [0.2, 0.25) is 0 Å². The summed E-state index contributed by atoms with van der Waals surface area (Å²) in [6.07, 6.45) is 1.95. The van der Waals surface area contributed by atoms with E-state index in [9.17, 15) is 4.79 Å². The minimum absolute atomic E-state index is 0.232. The van der Waals surface area contributed by atoms with Gasteiger partial charge in [0.05, 0.1) is 16.3 Å². The molecule has 0 aliphatic heterocycles. The van der Waals surface area contributed by atoms with Crippen LogP contribution in [0, 0.1) is 6.92 Å². The van der Waals surface area contributed by atoms with Crippen LogP contribution in [0.2, 0.25) is 5.02 Å². The van der Waals surface area contributed by atoms with E-state index >= 15 is 0 Å². The number of aryl methyl sites for hydroxylation is 2. The summed E-state index contributed by atoms with van der Waals surface area (Å²) >= 11 is 7.63. The molecule has 0 fully saturated rings. The quantitative estimate of drug-likeness (QED) is 0.883. The molecule has 0 unspecified atom stereocenters. The maximum absolute atomic E-state index is 12.2. The Hall–Kier alpha value is -1.46. The molecule has 1 N–H and O–H groups in total. The number of aromatic nitrogens is 2. The molecule has 0 aliphatic rings. The number of amides is 1. The van der Waals surface area contributed by atoms with Crippen molar-refractivity contribution in [3.8, 4) is 0 Å². The molecule has 0 spiro atoms. The van der Waals surface area contributed by atoms with E-state index in [0.29, 0.717) is 16.4 Å². The van der Waals surface area contributed by atoms with Crippen LogP contribution < -0.4 is 5.32 Å². The summed E-state index contributed by atoms with van der Waals surface area (Å²) in [7, 11) is 1.78. The number of carbonyl (C=O) groups excluding carboxylic acids is 1. The molecular weight excluding hydrogens is 282 g/mol. The fourth-order valence-corrected chi connectivity index (χ4v) is 2.36. The molecule has 19 heavy (non-hydrogen) atoms. The van der Waals surface area contributed by atoms with Crippen LogP contribution in [0.1, 0.15) is 16.1 Å². The van der Waals surface area contributed by atoms with Crippen molar-refractivity contribution in [3.63, 3.8) is 0 Å². The Labute approximate surface area is 121 Å². The molecular formula is C13H14ClN3OS. The van der Waals surface area contributed by atoms with E-state index in [1.807, 2.05) is 25.3 Å². The van der Waals surface area contributed by atoms with Crippen molar-refractivity contribution in [2.45, 2.75) is 11.8 Å². The minimum atomic E-state index is -0.232. The summed E-state index contributed by atoms with van der Waals surface area (Å²) in [5.74, 6) is 0.414. The first-order chi connectivity index (χ1) is 9.01. The third kappa shape index (κ3) is 3.11. The highest BCUT2D eigenvalue weighted by Crippen LogP contribution is 2.24. The standard InChI is InChI=1S/C13H14ClN3OS/c1-8-6-12(17(2)16-8)15-13(18)10-7-9(19-3)4-5-11(10)14/h4-7H,1-3H3,(H,15,18). The van der Waals surface area contributed by atoms with Crippen molar-refractivity contribution >= 4 is 35.1 Å². The summed E-state index contributed by atoms with van der Waals surface area (Å²) in [5, 5.41) is 7.43. The van der Waals surface area contributed by atoms with Gasteiger partial charge in [-0.3, -0.25) is 9.48 Å². The Bertz CT molecular complexity index is 624. The van der Waals surface area contributed by atoms with E-state index < -0.39 is 0 Å². The molecule has 0 bridgehead atoms. The summed E-state index contributed by atoms with van der Waals surface area (Å²) in [4.78, 5) is 13.2. The smallest absolute Gasteiger partial charge is 0.258 e. The first-order valence-electron chi connectivity index (χ1n) is 5.67. The summed E-state index contributed by atoms with van der Waals surface area (Å²) < 4.78 is 1.62. The molecule has 0 saturated heterocycles. The second-order valence-electron chi connectivity index (χ2n) is 4.09. The molecule has 0 atom stereocenters. The molecule has 2 rings (SSSR count). The lowest BCUT2D eigenvalue weighted by molar-refractivity contribution is 0.102. The second-order valence-corrected chi connectivity index (χ2v) is 5.38. The van der Waals surface area contributed by atoms with Gasteiger partial charge in [0.15, 0.2) is 0 Å². The van der Waals surface area contributed by atoms with Gasteiger partial charge in [0.1, 0.15) is 5.82 Å². The Kier molecular flexibility index (Phi) is 4.17. The highest BCUT2D eigenvalue weighted by atomic mass is 35.5. The largest absolute Gasteiger partial charge is 0.307 e. The van der Waals surface area contributed by atoms with Crippen molar-refractivity contribution in [2.75, 3.05) is 11.6 Å². The first-order valence-corrected chi connectivity index (χ1v) is 7.27. The maximum Gasteiger partial charge on any atom is 0.258 e. The number of nitrogens with zero attached hydrogens (tertiary/aromatic N) is 2. The van der Waals surface area contributed by atoms with Gasteiger partial charge in [-0.15, -0.1) is 11.8 Å². The van der Waals surface area contributed by atoms with Crippen LogP contribution in [-0.4, -0.2) is 21.9 Å². The third-order valence-corrected chi connectivity index (χ3v) is 3.72. The van der Waals surface area contributed by atoms with Crippen LogP contribution in [0.3, 0.4) is 0 Å². The van der Waals surface area contributed by atoms with Crippen LogP contribution in [0.25, 0.3) is 0 Å². The Morgan fingerprint density at radius 2 is 2.16 bits per heavy atom.